The van der Waals surface area contributed by atoms with E-state index < -0.39 is 23.6 Å². The van der Waals surface area contributed by atoms with E-state index in [9.17, 15) is 13.6 Å². The van der Waals surface area contributed by atoms with Gasteiger partial charge in [-0.3, -0.25) is 4.79 Å². The number of hydrogen-bond acceptors (Lipinski definition) is 3. The van der Waals surface area contributed by atoms with Crippen molar-refractivity contribution in [1.29, 1.82) is 0 Å². The molecule has 1 amide bonds. The topological polar surface area (TPSA) is 81.1 Å². The van der Waals surface area contributed by atoms with Crippen molar-refractivity contribution in [2.45, 2.75) is 12.6 Å². The van der Waals surface area contributed by atoms with Crippen molar-refractivity contribution >= 4 is 5.91 Å². The molecule has 0 heterocycles. The Morgan fingerprint density at radius 3 is 2.75 bits per heavy atom. The maximum absolute atomic E-state index is 13.1. The summed E-state index contributed by atoms with van der Waals surface area (Å²) < 4.78 is 25.9. The van der Waals surface area contributed by atoms with Crippen LogP contribution < -0.4 is 16.8 Å². The van der Waals surface area contributed by atoms with Gasteiger partial charge in [-0.2, -0.15) is 0 Å². The molecular formula is C10H13F2N3O. The lowest BCUT2D eigenvalue weighted by Crippen LogP contribution is -2.44. The molecule has 0 aliphatic rings. The number of amides is 1. The number of carbonyl (C=O) groups is 1. The zero-order valence-electron chi connectivity index (χ0n) is 8.54. The number of carbonyl (C=O) groups excluding carboxylic acids is 1. The quantitative estimate of drug-likeness (QED) is 0.657. The van der Waals surface area contributed by atoms with Crippen LogP contribution in [0.2, 0.25) is 0 Å². The van der Waals surface area contributed by atoms with Crippen LogP contribution in [0.1, 0.15) is 5.56 Å². The van der Waals surface area contributed by atoms with Crippen molar-refractivity contribution in [3.63, 3.8) is 0 Å². The van der Waals surface area contributed by atoms with Crippen LogP contribution in [0.15, 0.2) is 18.2 Å². The molecule has 0 aromatic heterocycles. The van der Waals surface area contributed by atoms with Crippen LogP contribution in [0.3, 0.4) is 0 Å². The van der Waals surface area contributed by atoms with E-state index in [0.29, 0.717) is 0 Å². The maximum Gasteiger partial charge on any atom is 0.235 e. The number of nitrogens with two attached hydrogens (primary N) is 2. The Morgan fingerprint density at radius 2 is 2.12 bits per heavy atom. The van der Waals surface area contributed by atoms with Crippen LogP contribution in [-0.2, 0) is 11.3 Å². The molecule has 1 atom stereocenters. The lowest BCUT2D eigenvalue weighted by molar-refractivity contribution is -0.119. The van der Waals surface area contributed by atoms with Crippen LogP contribution in [0.5, 0.6) is 0 Å². The Kier molecular flexibility index (Phi) is 4.33. The Morgan fingerprint density at radius 1 is 1.44 bits per heavy atom. The van der Waals surface area contributed by atoms with Gasteiger partial charge in [0, 0.05) is 18.7 Å². The Balaban J connectivity index is 2.48. The second-order valence-electron chi connectivity index (χ2n) is 3.38. The first-order valence-electron chi connectivity index (χ1n) is 4.70. The summed E-state index contributed by atoms with van der Waals surface area (Å²) in [6.45, 7) is 0.204. The van der Waals surface area contributed by atoms with Gasteiger partial charge in [0.05, 0.1) is 6.04 Å². The molecule has 1 unspecified atom stereocenters. The molecular weight excluding hydrogens is 216 g/mol. The van der Waals surface area contributed by atoms with Crippen LogP contribution in [0.25, 0.3) is 0 Å². The van der Waals surface area contributed by atoms with E-state index in [1.165, 1.54) is 0 Å². The van der Waals surface area contributed by atoms with Gasteiger partial charge in [-0.1, -0.05) is 0 Å². The summed E-state index contributed by atoms with van der Waals surface area (Å²) in [6, 6.07) is 2.32. The van der Waals surface area contributed by atoms with Crippen LogP contribution >= 0.6 is 0 Å². The highest BCUT2D eigenvalue weighted by atomic mass is 19.1. The van der Waals surface area contributed by atoms with Crippen LogP contribution in [-0.4, -0.2) is 18.5 Å². The zero-order chi connectivity index (χ0) is 12.1. The molecule has 0 fully saturated rings. The maximum atomic E-state index is 13.1. The molecule has 0 bridgehead atoms. The molecule has 1 aromatic carbocycles. The molecule has 1 aromatic rings. The van der Waals surface area contributed by atoms with E-state index in [-0.39, 0.29) is 18.7 Å². The molecule has 0 saturated carbocycles. The van der Waals surface area contributed by atoms with Crippen molar-refractivity contribution in [3.8, 4) is 0 Å². The first-order chi connectivity index (χ1) is 7.50. The molecule has 1 rings (SSSR count). The number of nitrogens with one attached hydrogen (secondary N) is 1. The fraction of sp³-hybridized carbons (Fsp3) is 0.300. The predicted octanol–water partition coefficient (Wildman–Crippen LogP) is -0.133. The zero-order valence-corrected chi connectivity index (χ0v) is 8.54. The fourth-order valence-electron chi connectivity index (χ4n) is 1.14. The minimum Gasteiger partial charge on any atom is -0.368 e. The summed E-state index contributed by atoms with van der Waals surface area (Å²) in [7, 11) is 0. The molecule has 0 aliphatic heterocycles. The second-order valence-corrected chi connectivity index (χ2v) is 3.38. The first kappa shape index (κ1) is 12.5. The second kappa shape index (κ2) is 5.53. The Hall–Kier alpha value is -1.53. The predicted molar refractivity (Wildman–Crippen MR) is 55.2 cm³/mol. The number of halogens is 2. The number of hydrogen-bond donors (Lipinski definition) is 3. The average Bonchev–Trinajstić information content (AvgIpc) is 2.22. The van der Waals surface area contributed by atoms with Crippen molar-refractivity contribution < 1.29 is 13.6 Å². The van der Waals surface area contributed by atoms with Crippen LogP contribution in [0, 0.1) is 11.6 Å². The Bertz CT molecular complexity index is 384. The molecule has 0 aliphatic carbocycles. The van der Waals surface area contributed by atoms with E-state index in [1.54, 1.807) is 0 Å². The lowest BCUT2D eigenvalue weighted by Gasteiger charge is -2.09. The number of benzene rings is 1. The normalized spacial score (nSPS) is 12.4. The van der Waals surface area contributed by atoms with Gasteiger partial charge in [0.1, 0.15) is 11.6 Å². The van der Waals surface area contributed by atoms with Gasteiger partial charge < -0.3 is 16.8 Å². The van der Waals surface area contributed by atoms with Crippen molar-refractivity contribution in [1.82, 2.24) is 5.32 Å². The molecule has 4 nitrogen and oxygen atoms in total. The summed E-state index contributed by atoms with van der Waals surface area (Å²) in [5.74, 6) is -1.67. The van der Waals surface area contributed by atoms with Gasteiger partial charge in [0.2, 0.25) is 5.91 Å². The molecule has 0 radical (unpaired) electrons. The molecule has 0 saturated heterocycles. The fourth-order valence-corrected chi connectivity index (χ4v) is 1.14. The van der Waals surface area contributed by atoms with Gasteiger partial charge in [-0.05, 0) is 18.2 Å². The highest BCUT2D eigenvalue weighted by molar-refractivity contribution is 5.79. The molecule has 16 heavy (non-hydrogen) atoms. The van der Waals surface area contributed by atoms with E-state index in [4.69, 9.17) is 11.5 Å². The van der Waals surface area contributed by atoms with Crippen molar-refractivity contribution in [2.75, 3.05) is 6.54 Å². The van der Waals surface area contributed by atoms with Gasteiger partial charge in [-0.25, -0.2) is 8.78 Å². The monoisotopic (exact) mass is 229 g/mol. The van der Waals surface area contributed by atoms with Crippen molar-refractivity contribution in [3.05, 3.63) is 35.4 Å². The molecule has 88 valence electrons. The molecule has 6 heteroatoms. The van der Waals surface area contributed by atoms with Gasteiger partial charge >= 0.3 is 0 Å². The van der Waals surface area contributed by atoms with Crippen molar-refractivity contribution in [2.24, 2.45) is 11.5 Å². The third-order valence-electron chi connectivity index (χ3n) is 2.05. The third kappa shape index (κ3) is 3.56. The number of rotatable bonds is 5. The highest BCUT2D eigenvalue weighted by Gasteiger charge is 2.09. The minimum absolute atomic E-state index is 0.0879. The minimum atomic E-state index is -0.836. The largest absolute Gasteiger partial charge is 0.368 e. The number of primary amides is 1. The summed E-state index contributed by atoms with van der Waals surface area (Å²) in [5, 5.41) is 2.72. The summed E-state index contributed by atoms with van der Waals surface area (Å²) in [6.07, 6.45) is 0. The molecule has 0 spiro atoms. The smallest absolute Gasteiger partial charge is 0.235 e. The van der Waals surface area contributed by atoms with E-state index in [2.05, 4.69) is 5.32 Å². The van der Waals surface area contributed by atoms with E-state index >= 15 is 0 Å². The Labute approximate surface area is 91.6 Å². The first-order valence-corrected chi connectivity index (χ1v) is 4.70. The van der Waals surface area contributed by atoms with Gasteiger partial charge in [-0.15, -0.1) is 0 Å². The standard InChI is InChI=1S/C10H13F2N3O/c11-7-1-2-8(12)6(3-7)4-15-5-9(13)10(14)16/h1-3,9,15H,4-5,13H2,(H2,14,16). The lowest BCUT2D eigenvalue weighted by atomic mass is 10.2. The van der Waals surface area contributed by atoms with Crippen LogP contribution in [0.4, 0.5) is 8.78 Å². The summed E-state index contributed by atoms with van der Waals surface area (Å²) in [4.78, 5) is 10.6. The molecule has 5 N–H and O–H groups in total. The van der Waals surface area contributed by atoms with Gasteiger partial charge in [0.25, 0.3) is 0 Å². The highest BCUT2D eigenvalue weighted by Crippen LogP contribution is 2.08. The third-order valence-corrected chi connectivity index (χ3v) is 2.05. The summed E-state index contributed by atoms with van der Waals surface area (Å²) in [5.41, 5.74) is 10.5. The summed E-state index contributed by atoms with van der Waals surface area (Å²) >= 11 is 0. The van der Waals surface area contributed by atoms with E-state index in [1.807, 2.05) is 0 Å². The average molecular weight is 229 g/mol. The van der Waals surface area contributed by atoms with E-state index in [0.717, 1.165) is 18.2 Å². The van der Waals surface area contributed by atoms with Gasteiger partial charge in [0.15, 0.2) is 0 Å². The SMILES string of the molecule is NC(=O)C(N)CNCc1cc(F)ccc1F.